The molecule has 1 N–H and O–H groups in total. The summed E-state index contributed by atoms with van der Waals surface area (Å²) in [5.74, 6) is 1.53. The van der Waals surface area contributed by atoms with Gasteiger partial charge in [-0.25, -0.2) is 0 Å². The van der Waals surface area contributed by atoms with Crippen molar-refractivity contribution in [1.82, 2.24) is 15.5 Å². The summed E-state index contributed by atoms with van der Waals surface area (Å²) in [5, 5.41) is 7.45. The SMILES string of the molecule is COC1(Cc2nc(C3CCCN3)no2)CCC1. The Kier molecular flexibility index (Phi) is 2.88. The number of hydrogen-bond acceptors (Lipinski definition) is 5. The minimum atomic E-state index is -0.0348. The lowest BCUT2D eigenvalue weighted by atomic mass is 9.77. The molecule has 2 aliphatic rings. The van der Waals surface area contributed by atoms with Gasteiger partial charge in [0, 0.05) is 7.11 Å². The molecular formula is C12H19N3O2. The lowest BCUT2D eigenvalue weighted by Gasteiger charge is -2.39. The Balaban J connectivity index is 1.67. The maximum Gasteiger partial charge on any atom is 0.229 e. The third-order valence-electron chi connectivity index (χ3n) is 4.03. The Bertz CT molecular complexity index is 375. The van der Waals surface area contributed by atoms with Crippen LogP contribution in [-0.4, -0.2) is 29.4 Å². The van der Waals surface area contributed by atoms with E-state index in [1.54, 1.807) is 7.11 Å². The van der Waals surface area contributed by atoms with Crippen LogP contribution in [0.25, 0.3) is 0 Å². The fraction of sp³-hybridized carbons (Fsp3) is 0.833. The van der Waals surface area contributed by atoms with Crippen LogP contribution in [0.15, 0.2) is 4.52 Å². The summed E-state index contributed by atoms with van der Waals surface area (Å²) >= 11 is 0. The Morgan fingerprint density at radius 3 is 2.94 bits per heavy atom. The fourth-order valence-corrected chi connectivity index (χ4v) is 2.69. The van der Waals surface area contributed by atoms with E-state index in [0.29, 0.717) is 0 Å². The average Bonchev–Trinajstić information content (AvgIpc) is 2.94. The van der Waals surface area contributed by atoms with Crippen molar-refractivity contribution in [2.75, 3.05) is 13.7 Å². The zero-order chi connectivity index (χ0) is 11.7. The topological polar surface area (TPSA) is 60.2 Å². The van der Waals surface area contributed by atoms with Crippen LogP contribution in [0.2, 0.25) is 0 Å². The molecule has 0 spiro atoms. The smallest absolute Gasteiger partial charge is 0.229 e. The van der Waals surface area contributed by atoms with Crippen LogP contribution in [-0.2, 0) is 11.2 Å². The van der Waals surface area contributed by atoms with Crippen molar-refractivity contribution in [2.24, 2.45) is 0 Å². The maximum absolute atomic E-state index is 5.57. The first-order valence-corrected chi connectivity index (χ1v) is 6.42. The Morgan fingerprint density at radius 2 is 2.35 bits per heavy atom. The molecule has 0 bridgehead atoms. The van der Waals surface area contributed by atoms with Crippen molar-refractivity contribution < 1.29 is 9.26 Å². The van der Waals surface area contributed by atoms with Crippen molar-refractivity contribution >= 4 is 0 Å². The van der Waals surface area contributed by atoms with Gasteiger partial charge in [0.2, 0.25) is 5.89 Å². The number of ether oxygens (including phenoxy) is 1. The lowest BCUT2D eigenvalue weighted by molar-refractivity contribution is -0.0751. The molecule has 1 aliphatic carbocycles. The lowest BCUT2D eigenvalue weighted by Crippen LogP contribution is -2.41. The molecule has 5 nitrogen and oxygen atoms in total. The summed E-state index contributed by atoms with van der Waals surface area (Å²) < 4.78 is 10.9. The number of rotatable bonds is 4. The number of nitrogens with one attached hydrogen (secondary N) is 1. The van der Waals surface area contributed by atoms with Crippen molar-refractivity contribution in [2.45, 2.75) is 50.2 Å². The van der Waals surface area contributed by atoms with Gasteiger partial charge in [-0.05, 0) is 38.6 Å². The van der Waals surface area contributed by atoms with Crippen LogP contribution in [0.5, 0.6) is 0 Å². The number of nitrogens with zero attached hydrogens (tertiary/aromatic N) is 2. The molecule has 17 heavy (non-hydrogen) atoms. The Morgan fingerprint density at radius 1 is 1.47 bits per heavy atom. The minimum Gasteiger partial charge on any atom is -0.378 e. The van der Waals surface area contributed by atoms with E-state index in [9.17, 15) is 0 Å². The monoisotopic (exact) mass is 237 g/mol. The van der Waals surface area contributed by atoms with Crippen LogP contribution in [0.1, 0.15) is 49.9 Å². The van der Waals surface area contributed by atoms with Gasteiger partial charge in [0.05, 0.1) is 18.1 Å². The molecule has 1 aliphatic heterocycles. The molecule has 2 heterocycles. The normalized spacial score (nSPS) is 27.0. The Labute approximate surface area is 101 Å². The molecule has 0 radical (unpaired) electrons. The molecule has 2 fully saturated rings. The van der Waals surface area contributed by atoms with Crippen molar-refractivity contribution in [3.8, 4) is 0 Å². The fourth-order valence-electron chi connectivity index (χ4n) is 2.69. The molecule has 1 aromatic rings. The number of methoxy groups -OCH3 is 1. The molecule has 1 unspecified atom stereocenters. The summed E-state index contributed by atoms with van der Waals surface area (Å²) in [6, 6.07) is 0.285. The van der Waals surface area contributed by atoms with Crippen molar-refractivity contribution in [3.63, 3.8) is 0 Å². The van der Waals surface area contributed by atoms with Gasteiger partial charge in [0.15, 0.2) is 5.82 Å². The first-order valence-electron chi connectivity index (χ1n) is 6.42. The van der Waals surface area contributed by atoms with E-state index in [2.05, 4.69) is 15.5 Å². The Hall–Kier alpha value is -0.940. The summed E-state index contributed by atoms with van der Waals surface area (Å²) in [6.07, 6.45) is 6.49. The largest absolute Gasteiger partial charge is 0.378 e. The van der Waals surface area contributed by atoms with Gasteiger partial charge in [-0.3, -0.25) is 0 Å². The van der Waals surface area contributed by atoms with E-state index in [1.165, 1.54) is 12.8 Å². The van der Waals surface area contributed by atoms with Gasteiger partial charge in [0.1, 0.15) is 0 Å². The first kappa shape index (κ1) is 11.2. The second-order valence-corrected chi connectivity index (χ2v) is 5.11. The van der Waals surface area contributed by atoms with Crippen LogP contribution >= 0.6 is 0 Å². The van der Waals surface area contributed by atoms with Crippen LogP contribution in [0.3, 0.4) is 0 Å². The molecule has 1 saturated carbocycles. The van der Waals surface area contributed by atoms with Gasteiger partial charge >= 0.3 is 0 Å². The first-order chi connectivity index (χ1) is 8.31. The van der Waals surface area contributed by atoms with Crippen molar-refractivity contribution in [3.05, 3.63) is 11.7 Å². The van der Waals surface area contributed by atoms with E-state index in [1.807, 2.05) is 0 Å². The predicted octanol–water partition coefficient (Wildman–Crippen LogP) is 1.61. The third-order valence-corrected chi connectivity index (χ3v) is 4.03. The molecule has 5 heteroatoms. The summed E-state index contributed by atoms with van der Waals surface area (Å²) in [5.41, 5.74) is -0.0348. The van der Waals surface area contributed by atoms with Crippen LogP contribution in [0.4, 0.5) is 0 Å². The summed E-state index contributed by atoms with van der Waals surface area (Å²) in [6.45, 7) is 1.05. The van der Waals surface area contributed by atoms with Crippen molar-refractivity contribution in [1.29, 1.82) is 0 Å². The number of hydrogen-bond donors (Lipinski definition) is 1. The van der Waals surface area contributed by atoms with E-state index in [-0.39, 0.29) is 11.6 Å². The highest BCUT2D eigenvalue weighted by Crippen LogP contribution is 2.37. The predicted molar refractivity (Wildman–Crippen MR) is 61.6 cm³/mol. The molecular weight excluding hydrogens is 218 g/mol. The van der Waals surface area contributed by atoms with Gasteiger partial charge in [-0.2, -0.15) is 4.98 Å². The van der Waals surface area contributed by atoms with Gasteiger partial charge in [0.25, 0.3) is 0 Å². The molecule has 94 valence electrons. The minimum absolute atomic E-state index is 0.0348. The zero-order valence-corrected chi connectivity index (χ0v) is 10.2. The molecule has 0 amide bonds. The summed E-state index contributed by atoms with van der Waals surface area (Å²) in [4.78, 5) is 4.49. The molecule has 1 aromatic heterocycles. The van der Waals surface area contributed by atoms with Gasteiger partial charge < -0.3 is 14.6 Å². The standard InChI is InChI=1S/C12H19N3O2/c1-16-12(5-3-6-12)8-10-14-11(15-17-10)9-4-2-7-13-9/h9,13H,2-8H2,1H3. The third kappa shape index (κ3) is 2.09. The van der Waals surface area contributed by atoms with Gasteiger partial charge in [-0.1, -0.05) is 5.16 Å². The quantitative estimate of drug-likeness (QED) is 0.862. The maximum atomic E-state index is 5.57. The van der Waals surface area contributed by atoms with E-state index >= 15 is 0 Å². The second-order valence-electron chi connectivity index (χ2n) is 5.11. The summed E-state index contributed by atoms with van der Waals surface area (Å²) in [7, 11) is 1.77. The average molecular weight is 237 g/mol. The molecule has 1 saturated heterocycles. The second kappa shape index (κ2) is 4.38. The molecule has 3 rings (SSSR count). The van der Waals surface area contributed by atoms with E-state index in [4.69, 9.17) is 9.26 Å². The zero-order valence-electron chi connectivity index (χ0n) is 10.2. The molecule has 0 aromatic carbocycles. The van der Waals surface area contributed by atoms with Gasteiger partial charge in [-0.15, -0.1) is 0 Å². The van der Waals surface area contributed by atoms with Crippen LogP contribution < -0.4 is 5.32 Å². The van der Waals surface area contributed by atoms with Crippen LogP contribution in [0, 0.1) is 0 Å². The number of aromatic nitrogens is 2. The highest BCUT2D eigenvalue weighted by Gasteiger charge is 2.39. The highest BCUT2D eigenvalue weighted by molar-refractivity contribution is 5.01. The highest BCUT2D eigenvalue weighted by atomic mass is 16.5. The van der Waals surface area contributed by atoms with E-state index in [0.717, 1.165) is 43.9 Å². The van der Waals surface area contributed by atoms with E-state index < -0.39 is 0 Å². The molecule has 1 atom stereocenters.